The molecule has 0 aliphatic carbocycles. The van der Waals surface area contributed by atoms with Gasteiger partial charge in [-0.2, -0.15) is 0 Å². The topological polar surface area (TPSA) is 130 Å². The summed E-state index contributed by atoms with van der Waals surface area (Å²) in [5, 5.41) is 18.6. The first kappa shape index (κ1) is 12.4. The molecule has 0 heterocycles. The van der Waals surface area contributed by atoms with Crippen molar-refractivity contribution < 1.29 is 24.6 Å². The summed E-state index contributed by atoms with van der Waals surface area (Å²) in [6.07, 6.45) is 0.516. The van der Waals surface area contributed by atoms with Crippen LogP contribution in [-0.2, 0) is 14.4 Å². The number of aliphatic carboxylic acids is 2. The number of hydrogen-bond acceptors (Lipinski definition) is 4. The zero-order valence-corrected chi connectivity index (χ0v) is 7.40. The van der Waals surface area contributed by atoms with Gasteiger partial charge in [0.05, 0.1) is 0 Å². The fourth-order valence-electron chi connectivity index (χ4n) is 0.799. The van der Waals surface area contributed by atoms with Gasteiger partial charge in [0.2, 0.25) is 0 Å². The second kappa shape index (κ2) is 5.92. The van der Waals surface area contributed by atoms with Crippen LogP contribution in [0.15, 0.2) is 0 Å². The molecular formula is C7H12N2O5. The van der Waals surface area contributed by atoms with Gasteiger partial charge in [-0.3, -0.25) is 4.79 Å². The number of carbonyl (C=O) groups is 3. The first-order chi connectivity index (χ1) is 6.49. The highest BCUT2D eigenvalue weighted by molar-refractivity contribution is 6.31. The van der Waals surface area contributed by atoms with Crippen LogP contribution in [0, 0.1) is 0 Å². The third-order valence-corrected chi connectivity index (χ3v) is 1.49. The molecule has 0 aliphatic heterocycles. The van der Waals surface area contributed by atoms with Gasteiger partial charge in [-0.05, 0) is 19.4 Å². The summed E-state index contributed by atoms with van der Waals surface area (Å²) in [6, 6.07) is -1.19. The smallest absolute Gasteiger partial charge is 0.394 e. The van der Waals surface area contributed by atoms with Crippen LogP contribution in [0.1, 0.15) is 12.8 Å². The van der Waals surface area contributed by atoms with Gasteiger partial charge in [0.25, 0.3) is 0 Å². The van der Waals surface area contributed by atoms with E-state index >= 15 is 0 Å². The van der Waals surface area contributed by atoms with E-state index < -0.39 is 23.9 Å². The molecule has 0 aromatic rings. The van der Waals surface area contributed by atoms with Gasteiger partial charge >= 0.3 is 17.8 Å². The van der Waals surface area contributed by atoms with Crippen LogP contribution in [0.5, 0.6) is 0 Å². The minimum atomic E-state index is -1.70. The Kier molecular flexibility index (Phi) is 5.23. The predicted molar refractivity (Wildman–Crippen MR) is 45.5 cm³/mol. The molecule has 0 aromatic carbocycles. The van der Waals surface area contributed by atoms with E-state index in [9.17, 15) is 14.4 Å². The summed E-state index contributed by atoms with van der Waals surface area (Å²) in [7, 11) is 0. The van der Waals surface area contributed by atoms with Crippen molar-refractivity contribution in [2.75, 3.05) is 6.54 Å². The van der Waals surface area contributed by atoms with Crippen molar-refractivity contribution in [3.05, 3.63) is 0 Å². The summed E-state index contributed by atoms with van der Waals surface area (Å²) in [5.74, 6) is -4.30. The maximum Gasteiger partial charge on any atom is 0.394 e. The normalized spacial score (nSPS) is 11.8. The maximum atomic E-state index is 10.6. The highest BCUT2D eigenvalue weighted by Crippen LogP contribution is 1.96. The van der Waals surface area contributed by atoms with Gasteiger partial charge in [0, 0.05) is 0 Å². The van der Waals surface area contributed by atoms with E-state index in [2.05, 4.69) is 0 Å². The quantitative estimate of drug-likeness (QED) is 0.398. The van der Waals surface area contributed by atoms with E-state index in [-0.39, 0.29) is 13.0 Å². The molecule has 7 nitrogen and oxygen atoms in total. The van der Waals surface area contributed by atoms with Crippen molar-refractivity contribution in [3.8, 4) is 0 Å². The molecule has 0 radical (unpaired) electrons. The van der Waals surface area contributed by atoms with Crippen LogP contribution in [0.3, 0.4) is 0 Å². The largest absolute Gasteiger partial charge is 0.480 e. The Morgan fingerprint density at radius 2 is 1.86 bits per heavy atom. The molecule has 1 atom stereocenters. The molecule has 0 unspecified atom stereocenters. The lowest BCUT2D eigenvalue weighted by molar-refractivity contribution is -0.152. The minimum Gasteiger partial charge on any atom is -0.480 e. The molecule has 0 spiro atoms. The second-order valence-electron chi connectivity index (χ2n) is 2.60. The molecule has 0 aliphatic rings. The fourth-order valence-corrected chi connectivity index (χ4v) is 0.799. The second-order valence-corrected chi connectivity index (χ2v) is 2.60. The lowest BCUT2D eigenvalue weighted by Crippen LogP contribution is -2.44. The average Bonchev–Trinajstić information content (AvgIpc) is 2.10. The minimum absolute atomic E-state index is 0.116. The number of rotatable bonds is 5. The number of amides is 1. The number of nitrogens with one attached hydrogen (secondary N) is 1. The van der Waals surface area contributed by atoms with Gasteiger partial charge in [0.1, 0.15) is 6.04 Å². The van der Waals surface area contributed by atoms with Crippen LogP contribution in [-0.4, -0.2) is 40.6 Å². The Morgan fingerprint density at radius 3 is 2.21 bits per heavy atom. The third-order valence-electron chi connectivity index (χ3n) is 1.49. The molecule has 0 saturated heterocycles. The predicted octanol–water partition coefficient (Wildman–Crippen LogP) is -1.62. The fraction of sp³-hybridized carbons (Fsp3) is 0.571. The number of nitrogens with two attached hydrogens (primary N) is 1. The first-order valence-corrected chi connectivity index (χ1v) is 3.95. The zero-order valence-electron chi connectivity index (χ0n) is 7.40. The van der Waals surface area contributed by atoms with Crippen molar-refractivity contribution in [2.45, 2.75) is 18.9 Å². The summed E-state index contributed by atoms with van der Waals surface area (Å²) >= 11 is 0. The Morgan fingerprint density at radius 1 is 1.29 bits per heavy atom. The zero-order chi connectivity index (χ0) is 11.1. The Bertz CT molecular complexity index is 240. The monoisotopic (exact) mass is 204 g/mol. The average molecular weight is 204 g/mol. The molecule has 1 amide bonds. The molecule has 5 N–H and O–H groups in total. The van der Waals surface area contributed by atoms with Crippen LogP contribution < -0.4 is 11.1 Å². The SMILES string of the molecule is NCCC[C@H](NC(=O)C(=O)O)C(=O)O. The van der Waals surface area contributed by atoms with Crippen LogP contribution in [0.25, 0.3) is 0 Å². The van der Waals surface area contributed by atoms with E-state index in [1.165, 1.54) is 0 Å². The molecule has 0 fully saturated rings. The number of hydrogen-bond donors (Lipinski definition) is 4. The van der Waals surface area contributed by atoms with Gasteiger partial charge in [-0.1, -0.05) is 0 Å². The maximum absolute atomic E-state index is 10.6. The van der Waals surface area contributed by atoms with Crippen molar-refractivity contribution in [1.82, 2.24) is 5.32 Å². The molecule has 80 valence electrons. The van der Waals surface area contributed by atoms with E-state index in [4.69, 9.17) is 15.9 Å². The number of carboxylic acids is 2. The van der Waals surface area contributed by atoms with Crippen molar-refractivity contribution in [1.29, 1.82) is 0 Å². The number of carbonyl (C=O) groups excluding carboxylic acids is 1. The Balaban J connectivity index is 4.16. The van der Waals surface area contributed by atoms with Gasteiger partial charge in [-0.25, -0.2) is 9.59 Å². The molecule has 7 heteroatoms. The molecule has 0 saturated carbocycles. The summed E-state index contributed by atoms with van der Waals surface area (Å²) in [5.41, 5.74) is 5.15. The Labute approximate surface area is 79.9 Å². The first-order valence-electron chi connectivity index (χ1n) is 3.95. The van der Waals surface area contributed by atoms with Crippen molar-refractivity contribution in [2.24, 2.45) is 5.73 Å². The molecule has 0 rings (SSSR count). The van der Waals surface area contributed by atoms with Gasteiger partial charge in [0.15, 0.2) is 0 Å². The van der Waals surface area contributed by atoms with Crippen LogP contribution in [0.2, 0.25) is 0 Å². The van der Waals surface area contributed by atoms with E-state index in [1.807, 2.05) is 5.32 Å². The van der Waals surface area contributed by atoms with Gasteiger partial charge < -0.3 is 21.3 Å². The van der Waals surface area contributed by atoms with Crippen LogP contribution >= 0.6 is 0 Å². The summed E-state index contributed by atoms with van der Waals surface area (Å²) in [4.78, 5) is 31.2. The molecular weight excluding hydrogens is 192 g/mol. The van der Waals surface area contributed by atoms with Crippen LogP contribution in [0.4, 0.5) is 0 Å². The van der Waals surface area contributed by atoms with Crippen molar-refractivity contribution in [3.63, 3.8) is 0 Å². The molecule has 14 heavy (non-hydrogen) atoms. The lowest BCUT2D eigenvalue weighted by Gasteiger charge is -2.11. The summed E-state index contributed by atoms with van der Waals surface area (Å²) < 4.78 is 0. The third kappa shape index (κ3) is 4.41. The van der Waals surface area contributed by atoms with E-state index in [0.29, 0.717) is 6.42 Å². The molecule has 0 bridgehead atoms. The molecule has 0 aromatic heterocycles. The van der Waals surface area contributed by atoms with Crippen molar-refractivity contribution >= 4 is 17.8 Å². The van der Waals surface area contributed by atoms with Gasteiger partial charge in [-0.15, -0.1) is 0 Å². The standard InChI is InChI=1S/C7H12N2O5/c8-3-1-2-4(6(11)12)9-5(10)7(13)14/h4H,1-3,8H2,(H,9,10)(H,11,12)(H,13,14)/t4-/m0/s1. The number of carboxylic acid groups (broad SMARTS) is 2. The van der Waals surface area contributed by atoms with E-state index in [1.54, 1.807) is 0 Å². The Hall–Kier alpha value is -1.63. The lowest BCUT2D eigenvalue weighted by atomic mass is 10.1. The van der Waals surface area contributed by atoms with E-state index in [0.717, 1.165) is 0 Å². The highest BCUT2D eigenvalue weighted by Gasteiger charge is 2.22. The highest BCUT2D eigenvalue weighted by atomic mass is 16.4. The summed E-state index contributed by atoms with van der Waals surface area (Å²) in [6.45, 7) is 0.284.